The molecule has 5 nitrogen and oxygen atoms in total. The molecule has 0 amide bonds. The molecule has 0 N–H and O–H groups in total. The number of allylic oxidation sites excluding steroid dienone is 1. The molecule has 1 aliphatic heterocycles. The first-order chi connectivity index (χ1) is 14.6. The Kier molecular flexibility index (Phi) is 5.89. The summed E-state index contributed by atoms with van der Waals surface area (Å²) in [6.07, 6.45) is 6.50. The van der Waals surface area contributed by atoms with E-state index in [-0.39, 0.29) is 11.3 Å². The minimum Gasteiger partial charge on any atom is -0.366 e. The van der Waals surface area contributed by atoms with Crippen molar-refractivity contribution in [2.45, 2.75) is 19.3 Å². The Morgan fingerprint density at radius 1 is 0.933 bits per heavy atom. The van der Waals surface area contributed by atoms with Crippen molar-refractivity contribution < 1.29 is 4.79 Å². The second kappa shape index (κ2) is 8.91. The summed E-state index contributed by atoms with van der Waals surface area (Å²) in [6.45, 7) is 1.55. The average Bonchev–Trinajstić information content (AvgIpc) is 2.80. The second-order valence-corrected chi connectivity index (χ2v) is 7.52. The van der Waals surface area contributed by atoms with E-state index < -0.39 is 0 Å². The lowest BCUT2D eigenvalue weighted by molar-refractivity contribution is 0.104. The summed E-state index contributed by atoms with van der Waals surface area (Å²) < 4.78 is 1.35. The van der Waals surface area contributed by atoms with E-state index in [0.29, 0.717) is 16.9 Å². The number of carbonyl (C=O) groups is 1. The molecule has 1 aliphatic rings. The van der Waals surface area contributed by atoms with Crippen molar-refractivity contribution in [2.75, 3.05) is 18.0 Å². The Morgan fingerprint density at radius 3 is 2.23 bits per heavy atom. The number of carbonyl (C=O) groups excluding carboxylic acids is 1. The first-order valence-corrected chi connectivity index (χ1v) is 10.3. The Balaban J connectivity index is 1.88. The summed E-state index contributed by atoms with van der Waals surface area (Å²) in [5.41, 5.74) is 2.92. The van der Waals surface area contributed by atoms with Crippen LogP contribution >= 0.6 is 0 Å². The van der Waals surface area contributed by atoms with Crippen LogP contribution in [0.3, 0.4) is 0 Å². The van der Waals surface area contributed by atoms with Crippen molar-refractivity contribution in [1.29, 1.82) is 0 Å². The molecule has 0 unspecified atom stereocenters. The molecule has 0 saturated carbocycles. The van der Waals surface area contributed by atoms with Crippen LogP contribution in [0.1, 0.15) is 35.2 Å². The van der Waals surface area contributed by atoms with Gasteiger partial charge in [-0.05, 0) is 30.9 Å². The van der Waals surface area contributed by atoms with Gasteiger partial charge in [0.25, 0.3) is 5.56 Å². The molecule has 0 radical (unpaired) electrons. The van der Waals surface area contributed by atoms with Gasteiger partial charge in [0.1, 0.15) is 11.4 Å². The maximum atomic E-state index is 13.4. The van der Waals surface area contributed by atoms with Gasteiger partial charge >= 0.3 is 0 Å². The van der Waals surface area contributed by atoms with Crippen LogP contribution < -0.4 is 10.5 Å². The summed E-state index contributed by atoms with van der Waals surface area (Å²) >= 11 is 0. The molecule has 0 atom stereocenters. The third-order valence-corrected chi connectivity index (χ3v) is 5.41. The smallest absolute Gasteiger partial charge is 0.290 e. The van der Waals surface area contributed by atoms with Crippen molar-refractivity contribution in [1.82, 2.24) is 9.78 Å². The van der Waals surface area contributed by atoms with Gasteiger partial charge in [-0.1, -0.05) is 66.7 Å². The monoisotopic (exact) mass is 399 g/mol. The van der Waals surface area contributed by atoms with Crippen molar-refractivity contribution in [3.63, 3.8) is 0 Å². The van der Waals surface area contributed by atoms with Gasteiger partial charge in [-0.15, -0.1) is 0 Å². The Bertz CT molecular complexity index is 1110. The Hall–Kier alpha value is -3.47. The fourth-order valence-electron chi connectivity index (χ4n) is 3.88. The molecule has 3 aromatic rings. The highest BCUT2D eigenvalue weighted by atomic mass is 16.1. The van der Waals surface area contributed by atoms with Gasteiger partial charge in [0.05, 0.1) is 5.56 Å². The number of nitrogens with zero attached hydrogens (tertiary/aromatic N) is 3. The van der Waals surface area contributed by atoms with E-state index >= 15 is 0 Å². The number of anilines is 1. The predicted molar refractivity (Wildman–Crippen MR) is 121 cm³/mol. The molecule has 30 heavy (non-hydrogen) atoms. The minimum atomic E-state index is -0.229. The van der Waals surface area contributed by atoms with Gasteiger partial charge in [0.15, 0.2) is 5.78 Å². The maximum Gasteiger partial charge on any atom is 0.290 e. The molecule has 152 valence electrons. The summed E-state index contributed by atoms with van der Waals surface area (Å²) in [4.78, 5) is 28.6. The zero-order valence-electron chi connectivity index (χ0n) is 17.1. The molecule has 1 fully saturated rings. The first-order valence-electron chi connectivity index (χ1n) is 10.3. The van der Waals surface area contributed by atoms with Gasteiger partial charge in [0, 0.05) is 25.7 Å². The number of hydrogen-bond acceptors (Lipinski definition) is 4. The van der Waals surface area contributed by atoms with Crippen molar-refractivity contribution >= 4 is 17.5 Å². The van der Waals surface area contributed by atoms with Gasteiger partial charge in [-0.2, -0.15) is 5.10 Å². The Labute approximate surface area is 176 Å². The van der Waals surface area contributed by atoms with E-state index in [1.165, 1.54) is 4.68 Å². The lowest BCUT2D eigenvalue weighted by atomic mass is 9.99. The molecule has 0 spiro atoms. The van der Waals surface area contributed by atoms with Crippen molar-refractivity contribution in [3.05, 3.63) is 88.2 Å². The lowest BCUT2D eigenvalue weighted by Gasteiger charge is -2.30. The fourth-order valence-corrected chi connectivity index (χ4v) is 3.88. The largest absolute Gasteiger partial charge is 0.366 e. The van der Waals surface area contributed by atoms with Crippen LogP contribution in [0.2, 0.25) is 0 Å². The van der Waals surface area contributed by atoms with Crippen LogP contribution in [0.15, 0.2) is 71.5 Å². The van der Waals surface area contributed by atoms with E-state index in [1.54, 1.807) is 19.2 Å². The predicted octanol–water partition coefficient (Wildman–Crippen LogP) is 4.33. The average molecular weight is 399 g/mol. The standard InChI is InChI=1S/C25H25N3O2/c1-27-25(30)24(28-17-9-4-10-18-28)22(23(26-27)20-13-7-3-8-14-20)21(29)16-15-19-11-5-2-6-12-19/h2-3,5-8,11-16H,4,9-10,17-18H2,1H3/b16-15+. The van der Waals surface area contributed by atoms with Crippen LogP contribution in [-0.2, 0) is 7.05 Å². The van der Waals surface area contributed by atoms with Gasteiger partial charge < -0.3 is 4.90 Å². The molecule has 5 heteroatoms. The van der Waals surface area contributed by atoms with Crippen LogP contribution in [0, 0.1) is 0 Å². The number of rotatable bonds is 5. The molecule has 1 aromatic heterocycles. The molecule has 0 bridgehead atoms. The zero-order valence-corrected chi connectivity index (χ0v) is 17.1. The van der Waals surface area contributed by atoms with E-state index in [4.69, 9.17) is 0 Å². The molecule has 2 heterocycles. The van der Waals surface area contributed by atoms with E-state index in [2.05, 4.69) is 10.00 Å². The quantitative estimate of drug-likeness (QED) is 0.473. The van der Waals surface area contributed by atoms with E-state index in [1.807, 2.05) is 60.7 Å². The minimum absolute atomic E-state index is 0.205. The molecule has 1 saturated heterocycles. The van der Waals surface area contributed by atoms with Crippen LogP contribution in [0.5, 0.6) is 0 Å². The number of aromatic nitrogens is 2. The summed E-state index contributed by atoms with van der Waals surface area (Å²) in [6, 6.07) is 19.3. The maximum absolute atomic E-state index is 13.4. The number of aryl methyl sites for hydroxylation is 1. The molecule has 4 rings (SSSR count). The highest BCUT2D eigenvalue weighted by Gasteiger charge is 2.26. The van der Waals surface area contributed by atoms with E-state index in [0.717, 1.165) is 43.5 Å². The van der Waals surface area contributed by atoms with Crippen LogP contribution in [0.25, 0.3) is 17.3 Å². The lowest BCUT2D eigenvalue weighted by Crippen LogP contribution is -2.38. The topological polar surface area (TPSA) is 55.2 Å². The van der Waals surface area contributed by atoms with Gasteiger partial charge in [0.2, 0.25) is 0 Å². The molecular weight excluding hydrogens is 374 g/mol. The second-order valence-electron chi connectivity index (χ2n) is 7.52. The van der Waals surface area contributed by atoms with Crippen LogP contribution in [0.4, 0.5) is 5.69 Å². The normalized spacial score (nSPS) is 14.2. The number of hydrogen-bond donors (Lipinski definition) is 0. The van der Waals surface area contributed by atoms with Gasteiger partial charge in [-0.25, -0.2) is 4.68 Å². The summed E-state index contributed by atoms with van der Waals surface area (Å²) in [5, 5.41) is 4.50. The number of piperidine rings is 1. The third kappa shape index (κ3) is 4.10. The zero-order chi connectivity index (χ0) is 20.9. The fraction of sp³-hybridized carbons (Fsp3) is 0.240. The molecule has 2 aromatic carbocycles. The molecule has 0 aliphatic carbocycles. The molecular formula is C25H25N3O2. The summed E-state index contributed by atoms with van der Waals surface area (Å²) in [7, 11) is 1.65. The highest BCUT2D eigenvalue weighted by Crippen LogP contribution is 2.29. The summed E-state index contributed by atoms with van der Waals surface area (Å²) in [5.74, 6) is -0.205. The third-order valence-electron chi connectivity index (χ3n) is 5.41. The number of benzene rings is 2. The SMILES string of the molecule is Cn1nc(-c2ccccc2)c(C(=O)/C=C/c2ccccc2)c(N2CCCCC2)c1=O. The number of ketones is 1. The Morgan fingerprint density at radius 2 is 1.57 bits per heavy atom. The van der Waals surface area contributed by atoms with Gasteiger partial charge in [-0.3, -0.25) is 9.59 Å². The highest BCUT2D eigenvalue weighted by molar-refractivity contribution is 6.14. The van der Waals surface area contributed by atoms with E-state index in [9.17, 15) is 9.59 Å². The van der Waals surface area contributed by atoms with Crippen molar-refractivity contribution in [3.8, 4) is 11.3 Å². The van der Waals surface area contributed by atoms with Crippen LogP contribution in [-0.4, -0.2) is 28.7 Å². The van der Waals surface area contributed by atoms with Crippen molar-refractivity contribution in [2.24, 2.45) is 7.05 Å². The first kappa shape index (κ1) is 19.8.